The lowest BCUT2D eigenvalue weighted by Crippen LogP contribution is -2.31. The molecular formula is C14H16F3N3O3S. The van der Waals surface area contributed by atoms with Gasteiger partial charge in [-0.15, -0.1) is 0 Å². The van der Waals surface area contributed by atoms with Gasteiger partial charge in [0.2, 0.25) is 5.91 Å². The van der Waals surface area contributed by atoms with E-state index in [-0.39, 0.29) is 23.7 Å². The van der Waals surface area contributed by atoms with Crippen LogP contribution in [0.5, 0.6) is 0 Å². The maximum absolute atomic E-state index is 12.1. The lowest BCUT2D eigenvalue weighted by atomic mass is 10.2. The number of carbonyl (C=O) groups is 1. The van der Waals surface area contributed by atoms with Gasteiger partial charge in [-0.1, -0.05) is 12.1 Å². The van der Waals surface area contributed by atoms with Crippen molar-refractivity contribution in [3.63, 3.8) is 0 Å². The van der Waals surface area contributed by atoms with E-state index in [2.05, 4.69) is 9.71 Å². The summed E-state index contributed by atoms with van der Waals surface area (Å²) in [5, 5.41) is 0. The monoisotopic (exact) mass is 363 g/mol. The first-order chi connectivity index (χ1) is 11.1. The summed E-state index contributed by atoms with van der Waals surface area (Å²) in [6.07, 6.45) is -5.50. The molecule has 0 radical (unpaired) electrons. The van der Waals surface area contributed by atoms with Crippen LogP contribution >= 0.6 is 0 Å². The molecule has 0 unspecified atom stereocenters. The van der Waals surface area contributed by atoms with Crippen molar-refractivity contribution >= 4 is 21.8 Å². The second-order valence-corrected chi connectivity index (χ2v) is 6.91. The third-order valence-electron chi connectivity index (χ3n) is 3.41. The summed E-state index contributed by atoms with van der Waals surface area (Å²) in [6.45, 7) is -0.449. The van der Waals surface area contributed by atoms with Crippen LogP contribution < -0.4 is 4.72 Å². The number of nitrogens with one attached hydrogen (secondary N) is 1. The molecule has 1 N–H and O–H groups in total. The van der Waals surface area contributed by atoms with Gasteiger partial charge in [0, 0.05) is 25.6 Å². The molecule has 0 aromatic heterocycles. The molecule has 0 bridgehead atoms. The molecule has 0 saturated carbocycles. The predicted octanol–water partition coefficient (Wildman–Crippen LogP) is 1.53. The first-order valence-electron chi connectivity index (χ1n) is 7.07. The summed E-state index contributed by atoms with van der Waals surface area (Å²) >= 11 is 0. The standard InChI is InChI=1S/C14H16F3N3O3S/c1-20(9-7-14(15,16)17)12(21)6-8-18-13-10-4-2-3-5-11(10)24(22,23)19-13/h2-5H,6-9H2,1H3,(H,18,19). The maximum Gasteiger partial charge on any atom is 0.390 e. The van der Waals surface area contributed by atoms with Gasteiger partial charge in [-0.05, 0) is 12.1 Å². The number of sulfonamides is 1. The minimum Gasteiger partial charge on any atom is -0.345 e. The Morgan fingerprint density at radius 1 is 1.29 bits per heavy atom. The van der Waals surface area contributed by atoms with E-state index in [0.29, 0.717) is 5.56 Å². The number of amidine groups is 1. The molecule has 1 aromatic rings. The summed E-state index contributed by atoms with van der Waals surface area (Å²) in [7, 11) is -2.36. The number of carbonyl (C=O) groups excluding carboxylic acids is 1. The quantitative estimate of drug-likeness (QED) is 0.862. The third kappa shape index (κ3) is 4.47. The number of nitrogens with zero attached hydrogens (tertiary/aromatic N) is 2. The Hall–Kier alpha value is -2.10. The summed E-state index contributed by atoms with van der Waals surface area (Å²) in [5.74, 6) is -0.353. The second kappa shape index (κ2) is 6.80. The van der Waals surface area contributed by atoms with Crippen molar-refractivity contribution in [2.45, 2.75) is 23.9 Å². The molecule has 1 aliphatic heterocycles. The number of amides is 1. The second-order valence-electron chi connectivity index (χ2n) is 5.26. The van der Waals surface area contributed by atoms with Crippen molar-refractivity contribution in [2.75, 3.05) is 20.1 Å². The number of rotatable bonds is 5. The van der Waals surface area contributed by atoms with Crippen LogP contribution in [0, 0.1) is 0 Å². The molecule has 10 heteroatoms. The van der Waals surface area contributed by atoms with Gasteiger partial charge >= 0.3 is 6.18 Å². The van der Waals surface area contributed by atoms with Gasteiger partial charge in [-0.2, -0.15) is 13.2 Å². The van der Waals surface area contributed by atoms with Gasteiger partial charge in [-0.25, -0.2) is 8.42 Å². The molecule has 1 aliphatic rings. The Kier molecular flexibility index (Phi) is 5.16. The molecule has 0 spiro atoms. The summed E-state index contributed by atoms with van der Waals surface area (Å²) in [6, 6.07) is 6.27. The zero-order valence-corrected chi connectivity index (χ0v) is 13.6. The Labute approximate surface area is 137 Å². The zero-order chi connectivity index (χ0) is 18.0. The van der Waals surface area contributed by atoms with Crippen LogP contribution in [0.3, 0.4) is 0 Å². The first-order valence-corrected chi connectivity index (χ1v) is 8.56. The number of fused-ring (bicyclic) bond motifs is 1. The number of halogens is 3. The van der Waals surface area contributed by atoms with Gasteiger partial charge in [0.25, 0.3) is 10.0 Å². The minimum atomic E-state index is -4.32. The molecule has 0 saturated heterocycles. The molecule has 0 atom stereocenters. The van der Waals surface area contributed by atoms with E-state index in [4.69, 9.17) is 0 Å². The molecule has 2 rings (SSSR count). The number of hydrogen-bond acceptors (Lipinski definition) is 4. The molecule has 0 fully saturated rings. The van der Waals surface area contributed by atoms with Gasteiger partial charge in [0.15, 0.2) is 0 Å². The van der Waals surface area contributed by atoms with Gasteiger partial charge in [-0.3, -0.25) is 14.5 Å². The maximum atomic E-state index is 12.1. The molecular weight excluding hydrogens is 347 g/mol. The topological polar surface area (TPSA) is 78.8 Å². The van der Waals surface area contributed by atoms with Crippen molar-refractivity contribution in [2.24, 2.45) is 4.99 Å². The summed E-state index contributed by atoms with van der Waals surface area (Å²) in [5.41, 5.74) is 0.412. The molecule has 6 nitrogen and oxygen atoms in total. The molecule has 132 valence electrons. The number of hydrogen-bond donors (Lipinski definition) is 1. The highest BCUT2D eigenvalue weighted by Crippen LogP contribution is 2.22. The van der Waals surface area contributed by atoms with Crippen LogP contribution in [0.25, 0.3) is 0 Å². The Bertz CT molecular complexity index is 760. The van der Waals surface area contributed by atoms with Crippen molar-refractivity contribution in [3.8, 4) is 0 Å². The van der Waals surface area contributed by atoms with E-state index in [1.165, 1.54) is 13.1 Å². The van der Waals surface area contributed by atoms with E-state index < -0.39 is 35.1 Å². The molecule has 1 heterocycles. The lowest BCUT2D eigenvalue weighted by Gasteiger charge is -2.17. The van der Waals surface area contributed by atoms with Crippen molar-refractivity contribution in [1.82, 2.24) is 9.62 Å². The van der Waals surface area contributed by atoms with Gasteiger partial charge in [0.1, 0.15) is 5.84 Å². The predicted molar refractivity (Wildman–Crippen MR) is 81.1 cm³/mol. The molecule has 1 amide bonds. The van der Waals surface area contributed by atoms with Gasteiger partial charge < -0.3 is 4.90 Å². The number of alkyl halides is 3. The summed E-state index contributed by atoms with van der Waals surface area (Å²) in [4.78, 5) is 16.9. The fourth-order valence-electron chi connectivity index (χ4n) is 2.12. The SMILES string of the molecule is CN(CCC(F)(F)F)C(=O)CCN=C1NS(=O)(=O)c2ccccc21. The highest BCUT2D eigenvalue weighted by molar-refractivity contribution is 7.90. The van der Waals surface area contributed by atoms with Crippen LogP contribution in [0.15, 0.2) is 34.2 Å². The van der Waals surface area contributed by atoms with Crippen molar-refractivity contribution < 1.29 is 26.4 Å². The van der Waals surface area contributed by atoms with Crippen LogP contribution in [0.4, 0.5) is 13.2 Å². The van der Waals surface area contributed by atoms with Gasteiger partial charge in [0.05, 0.1) is 17.9 Å². The molecule has 24 heavy (non-hydrogen) atoms. The largest absolute Gasteiger partial charge is 0.390 e. The van der Waals surface area contributed by atoms with Crippen LogP contribution in [-0.2, 0) is 14.8 Å². The Morgan fingerprint density at radius 2 is 1.96 bits per heavy atom. The lowest BCUT2D eigenvalue weighted by molar-refractivity contribution is -0.143. The van der Waals surface area contributed by atoms with E-state index in [1.54, 1.807) is 18.2 Å². The van der Waals surface area contributed by atoms with Crippen LogP contribution in [0.2, 0.25) is 0 Å². The smallest absolute Gasteiger partial charge is 0.345 e. The van der Waals surface area contributed by atoms with Crippen LogP contribution in [0.1, 0.15) is 18.4 Å². The minimum absolute atomic E-state index is 0.0264. The average Bonchev–Trinajstić information content (AvgIpc) is 2.75. The third-order valence-corrected chi connectivity index (χ3v) is 4.81. The highest BCUT2D eigenvalue weighted by Gasteiger charge is 2.30. The molecule has 0 aliphatic carbocycles. The van der Waals surface area contributed by atoms with E-state index in [1.807, 2.05) is 0 Å². The molecule has 1 aromatic carbocycles. The highest BCUT2D eigenvalue weighted by atomic mass is 32.2. The zero-order valence-electron chi connectivity index (χ0n) is 12.8. The van der Waals surface area contributed by atoms with Crippen molar-refractivity contribution in [1.29, 1.82) is 0 Å². The number of aliphatic imine (C=N–C) groups is 1. The number of benzene rings is 1. The Balaban J connectivity index is 1.94. The van der Waals surface area contributed by atoms with E-state index in [0.717, 1.165) is 4.90 Å². The van der Waals surface area contributed by atoms with Crippen molar-refractivity contribution in [3.05, 3.63) is 29.8 Å². The fourth-order valence-corrected chi connectivity index (χ4v) is 3.38. The fraction of sp³-hybridized carbons (Fsp3) is 0.429. The summed E-state index contributed by atoms with van der Waals surface area (Å²) < 4.78 is 62.4. The van der Waals surface area contributed by atoms with Crippen LogP contribution in [-0.4, -0.2) is 51.4 Å². The normalized spacial score (nSPS) is 17.4. The van der Waals surface area contributed by atoms with E-state index in [9.17, 15) is 26.4 Å². The Morgan fingerprint density at radius 3 is 2.62 bits per heavy atom. The van der Waals surface area contributed by atoms with E-state index >= 15 is 0 Å². The first kappa shape index (κ1) is 18.2. The average molecular weight is 363 g/mol.